The van der Waals surface area contributed by atoms with Crippen LogP contribution in [-0.2, 0) is 0 Å². The van der Waals surface area contributed by atoms with E-state index in [0.29, 0.717) is 5.41 Å². The Hall–Kier alpha value is -0.780. The summed E-state index contributed by atoms with van der Waals surface area (Å²) >= 11 is 0. The van der Waals surface area contributed by atoms with Crippen molar-refractivity contribution in [3.8, 4) is 0 Å². The molecule has 5 unspecified atom stereocenters. The van der Waals surface area contributed by atoms with Crippen LogP contribution in [0.25, 0.3) is 0 Å². The first-order valence-electron chi connectivity index (χ1n) is 9.13. The summed E-state index contributed by atoms with van der Waals surface area (Å²) < 4.78 is 0. The van der Waals surface area contributed by atoms with Gasteiger partial charge in [0, 0.05) is 0 Å². The summed E-state index contributed by atoms with van der Waals surface area (Å²) in [5, 5.41) is 0. The molecule has 0 bridgehead atoms. The molecular formula is C22H34. The number of hydrogen-bond acceptors (Lipinski definition) is 0. The van der Waals surface area contributed by atoms with Gasteiger partial charge in [-0.15, -0.1) is 6.58 Å². The fourth-order valence-corrected chi connectivity index (χ4v) is 6.58. The van der Waals surface area contributed by atoms with Gasteiger partial charge in [0.2, 0.25) is 0 Å². The Labute approximate surface area is 137 Å². The molecule has 22 heavy (non-hydrogen) atoms. The molecule has 0 radical (unpaired) electrons. The van der Waals surface area contributed by atoms with Crippen LogP contribution >= 0.6 is 0 Å². The molecule has 4 rings (SSSR count). The van der Waals surface area contributed by atoms with Crippen LogP contribution in [0.3, 0.4) is 0 Å². The number of rotatable bonds is 1. The molecule has 2 saturated carbocycles. The van der Waals surface area contributed by atoms with Crippen molar-refractivity contribution in [2.45, 2.75) is 72.1 Å². The molecule has 122 valence electrons. The Morgan fingerprint density at radius 1 is 1.09 bits per heavy atom. The number of allylic oxidation sites excluding steroid dienone is 4. The quantitative estimate of drug-likeness (QED) is 0.473. The monoisotopic (exact) mass is 298 g/mol. The maximum Gasteiger partial charge on any atom is -0.0108 e. The van der Waals surface area contributed by atoms with E-state index in [9.17, 15) is 0 Å². The van der Waals surface area contributed by atoms with Crippen molar-refractivity contribution in [3.63, 3.8) is 0 Å². The summed E-state index contributed by atoms with van der Waals surface area (Å²) in [4.78, 5) is 0. The topological polar surface area (TPSA) is 0 Å². The average Bonchev–Trinajstić information content (AvgIpc) is 2.83. The maximum atomic E-state index is 4.25. The molecule has 4 aliphatic rings. The minimum Gasteiger partial charge on any atom is -0.103 e. The van der Waals surface area contributed by atoms with E-state index in [4.69, 9.17) is 0 Å². The summed E-state index contributed by atoms with van der Waals surface area (Å²) in [6.07, 6.45) is 14.7. The van der Waals surface area contributed by atoms with Gasteiger partial charge in [0.25, 0.3) is 0 Å². The summed E-state index contributed by atoms with van der Waals surface area (Å²) in [6, 6.07) is 0. The molecule has 0 heteroatoms. The van der Waals surface area contributed by atoms with Crippen LogP contribution < -0.4 is 0 Å². The standard InChI is InChI=1S/C21H30.CH4/c1-4-16-7-10-20-19-9-6-15-13-14(2)5-8-17(15)18(19)11-12-21(16,20)3;/h4,16,18-20H,1-2,5-13H2,3H3;1H4. The highest BCUT2D eigenvalue weighted by molar-refractivity contribution is 5.31. The first kappa shape index (κ1) is 16.1. The van der Waals surface area contributed by atoms with Gasteiger partial charge in [0.15, 0.2) is 0 Å². The normalized spacial score (nSPS) is 43.8. The molecule has 0 N–H and O–H groups in total. The van der Waals surface area contributed by atoms with Crippen LogP contribution in [0.5, 0.6) is 0 Å². The Bertz CT molecular complexity index is 508. The first-order chi connectivity index (χ1) is 10.1. The van der Waals surface area contributed by atoms with Gasteiger partial charge in [0.1, 0.15) is 0 Å². The third-order valence-corrected chi connectivity index (χ3v) is 7.69. The molecule has 5 atom stereocenters. The molecule has 0 amide bonds. The summed E-state index contributed by atoms with van der Waals surface area (Å²) in [5.74, 6) is 3.67. The summed E-state index contributed by atoms with van der Waals surface area (Å²) in [5.41, 5.74) is 5.75. The summed E-state index contributed by atoms with van der Waals surface area (Å²) in [7, 11) is 0. The molecule has 0 saturated heterocycles. The van der Waals surface area contributed by atoms with Gasteiger partial charge < -0.3 is 0 Å². The smallest absolute Gasteiger partial charge is 0.0108 e. The van der Waals surface area contributed by atoms with Gasteiger partial charge in [-0.05, 0) is 86.9 Å². The lowest BCUT2D eigenvalue weighted by atomic mass is 9.53. The van der Waals surface area contributed by atoms with E-state index in [1.54, 1.807) is 5.57 Å². The van der Waals surface area contributed by atoms with Crippen LogP contribution in [0, 0.1) is 29.1 Å². The lowest BCUT2D eigenvalue weighted by Crippen LogP contribution is -2.43. The van der Waals surface area contributed by atoms with Crippen LogP contribution in [0.2, 0.25) is 0 Å². The van der Waals surface area contributed by atoms with Crippen molar-refractivity contribution >= 4 is 0 Å². The van der Waals surface area contributed by atoms with Crippen molar-refractivity contribution in [1.82, 2.24) is 0 Å². The van der Waals surface area contributed by atoms with Gasteiger partial charge in [0.05, 0.1) is 0 Å². The fourth-order valence-electron chi connectivity index (χ4n) is 6.58. The van der Waals surface area contributed by atoms with Gasteiger partial charge >= 0.3 is 0 Å². The second-order valence-electron chi connectivity index (χ2n) is 8.44. The highest BCUT2D eigenvalue weighted by atomic mass is 14.6. The van der Waals surface area contributed by atoms with E-state index >= 15 is 0 Å². The maximum absolute atomic E-state index is 4.25. The van der Waals surface area contributed by atoms with E-state index < -0.39 is 0 Å². The second kappa shape index (κ2) is 5.69. The van der Waals surface area contributed by atoms with E-state index in [2.05, 4.69) is 26.2 Å². The SMILES string of the molecule is C.C=CC1CCC2C3CCC4=C(CCC(=C)C4)C3CCC12C. The predicted molar refractivity (Wildman–Crippen MR) is 96.7 cm³/mol. The van der Waals surface area contributed by atoms with Gasteiger partial charge in [-0.3, -0.25) is 0 Å². The van der Waals surface area contributed by atoms with Crippen molar-refractivity contribution in [2.24, 2.45) is 29.1 Å². The van der Waals surface area contributed by atoms with Crippen LogP contribution in [-0.4, -0.2) is 0 Å². The molecule has 0 aromatic rings. The lowest BCUT2D eigenvalue weighted by molar-refractivity contribution is 0.0249. The first-order valence-corrected chi connectivity index (χ1v) is 9.13. The lowest BCUT2D eigenvalue weighted by Gasteiger charge is -2.52. The molecule has 0 aromatic carbocycles. The molecule has 0 aliphatic heterocycles. The Kier molecular flexibility index (Phi) is 4.16. The van der Waals surface area contributed by atoms with E-state index in [1.807, 2.05) is 5.57 Å². The largest absolute Gasteiger partial charge is 0.103 e. The molecule has 2 fully saturated rings. The third kappa shape index (κ3) is 2.17. The fraction of sp³-hybridized carbons (Fsp3) is 0.727. The third-order valence-electron chi connectivity index (χ3n) is 7.69. The Balaban J connectivity index is 0.00000144. The zero-order valence-corrected chi connectivity index (χ0v) is 13.7. The van der Waals surface area contributed by atoms with Crippen molar-refractivity contribution < 1.29 is 0 Å². The molecule has 0 nitrogen and oxygen atoms in total. The zero-order valence-electron chi connectivity index (χ0n) is 13.7. The van der Waals surface area contributed by atoms with E-state index in [1.165, 1.54) is 63.4 Å². The van der Waals surface area contributed by atoms with Gasteiger partial charge in [-0.2, -0.15) is 0 Å². The van der Waals surface area contributed by atoms with E-state index in [-0.39, 0.29) is 7.43 Å². The molecule has 0 spiro atoms. The van der Waals surface area contributed by atoms with Crippen LogP contribution in [0.1, 0.15) is 72.1 Å². The highest BCUT2D eigenvalue weighted by Crippen LogP contribution is 2.63. The molecule has 4 aliphatic carbocycles. The Morgan fingerprint density at radius 3 is 2.68 bits per heavy atom. The van der Waals surface area contributed by atoms with Crippen LogP contribution in [0.15, 0.2) is 36.0 Å². The van der Waals surface area contributed by atoms with Crippen molar-refractivity contribution in [3.05, 3.63) is 36.0 Å². The number of fused-ring (bicyclic) bond motifs is 4. The number of hydrogen-bond donors (Lipinski definition) is 0. The second-order valence-corrected chi connectivity index (χ2v) is 8.44. The minimum absolute atomic E-state index is 0. The predicted octanol–water partition coefficient (Wildman–Crippen LogP) is 6.70. The minimum atomic E-state index is 0. The zero-order chi connectivity index (χ0) is 14.6. The molecule has 0 heterocycles. The van der Waals surface area contributed by atoms with Gasteiger partial charge in [-0.1, -0.05) is 43.7 Å². The van der Waals surface area contributed by atoms with Crippen LogP contribution in [0.4, 0.5) is 0 Å². The van der Waals surface area contributed by atoms with Crippen molar-refractivity contribution in [2.75, 3.05) is 0 Å². The van der Waals surface area contributed by atoms with Gasteiger partial charge in [-0.25, -0.2) is 0 Å². The Morgan fingerprint density at radius 2 is 1.91 bits per heavy atom. The van der Waals surface area contributed by atoms with Crippen molar-refractivity contribution in [1.29, 1.82) is 0 Å². The molecular weight excluding hydrogens is 264 g/mol. The van der Waals surface area contributed by atoms with E-state index in [0.717, 1.165) is 23.7 Å². The highest BCUT2D eigenvalue weighted by Gasteiger charge is 2.54. The average molecular weight is 299 g/mol. The molecule has 0 aromatic heterocycles. The summed E-state index contributed by atoms with van der Waals surface area (Å²) in [6.45, 7) is 11.0.